The van der Waals surface area contributed by atoms with Gasteiger partial charge in [0, 0.05) is 23.1 Å². The molecule has 1 heterocycles. The number of hydrogen-bond acceptors (Lipinski definition) is 1. The van der Waals surface area contributed by atoms with Crippen molar-refractivity contribution in [2.75, 3.05) is 14.1 Å². The molecule has 0 amide bonds. The highest BCUT2D eigenvalue weighted by Gasteiger charge is 2.40. The normalized spacial score (nSPS) is 23.6. The topological polar surface area (TPSA) is 8.17 Å². The maximum atomic E-state index is 13.5. The summed E-state index contributed by atoms with van der Waals surface area (Å²) >= 11 is 0. The van der Waals surface area contributed by atoms with Gasteiger partial charge in [0.25, 0.3) is 0 Å². The van der Waals surface area contributed by atoms with E-state index in [2.05, 4.69) is 29.8 Å². The Morgan fingerprint density at radius 3 is 2.76 bits per heavy atom. The highest BCUT2D eigenvalue weighted by Crippen LogP contribution is 2.41. The van der Waals surface area contributed by atoms with Crippen LogP contribution in [0.15, 0.2) is 24.4 Å². The second kappa shape index (κ2) is 3.57. The summed E-state index contributed by atoms with van der Waals surface area (Å²) in [5, 5.41) is 0.998. The molecule has 2 aromatic rings. The fraction of sp³-hybridized carbons (Fsp3) is 0.429. The fourth-order valence-corrected chi connectivity index (χ4v) is 2.59. The average molecular weight is 232 g/mol. The van der Waals surface area contributed by atoms with Gasteiger partial charge in [-0.15, -0.1) is 0 Å². The lowest BCUT2D eigenvalue weighted by molar-refractivity contribution is 0.377. The summed E-state index contributed by atoms with van der Waals surface area (Å²) in [5.41, 5.74) is 1.87. The van der Waals surface area contributed by atoms with Gasteiger partial charge in [-0.3, -0.25) is 0 Å². The van der Waals surface area contributed by atoms with E-state index in [-0.39, 0.29) is 5.82 Å². The van der Waals surface area contributed by atoms with Crippen LogP contribution in [-0.4, -0.2) is 29.6 Å². The first-order valence-electron chi connectivity index (χ1n) is 6.01. The third-order valence-electron chi connectivity index (χ3n) is 3.75. The Bertz CT molecular complexity index is 571. The van der Waals surface area contributed by atoms with E-state index in [0.717, 1.165) is 16.5 Å². The van der Waals surface area contributed by atoms with Crippen LogP contribution in [0.3, 0.4) is 0 Å². The summed E-state index contributed by atoms with van der Waals surface area (Å²) in [5.74, 6) is -0.116. The molecular weight excluding hydrogens is 215 g/mol. The predicted octanol–water partition coefficient (Wildman–Crippen LogP) is 2.96. The molecule has 90 valence electrons. The lowest BCUT2D eigenvalue weighted by atomic mass is 10.2. The van der Waals surface area contributed by atoms with Gasteiger partial charge in [0.1, 0.15) is 5.82 Å². The van der Waals surface area contributed by atoms with Gasteiger partial charge in [-0.25, -0.2) is 4.39 Å². The van der Waals surface area contributed by atoms with Gasteiger partial charge in [0.05, 0.1) is 6.04 Å². The van der Waals surface area contributed by atoms with Gasteiger partial charge >= 0.3 is 0 Å². The molecule has 1 aromatic heterocycles. The molecule has 0 aliphatic heterocycles. The smallest absolute Gasteiger partial charge is 0.126 e. The minimum atomic E-state index is -0.116. The molecule has 0 saturated heterocycles. The molecule has 0 radical (unpaired) electrons. The number of aryl methyl sites for hydroxylation is 1. The van der Waals surface area contributed by atoms with Crippen molar-refractivity contribution in [3.8, 4) is 0 Å². The summed E-state index contributed by atoms with van der Waals surface area (Å²) < 4.78 is 15.7. The van der Waals surface area contributed by atoms with E-state index >= 15 is 0 Å². The number of nitrogens with zero attached hydrogens (tertiary/aromatic N) is 2. The molecule has 1 aliphatic carbocycles. The zero-order chi connectivity index (χ0) is 12.2. The van der Waals surface area contributed by atoms with Crippen LogP contribution in [0.5, 0.6) is 0 Å². The third kappa shape index (κ3) is 1.65. The van der Waals surface area contributed by atoms with E-state index in [4.69, 9.17) is 0 Å². The minimum Gasteiger partial charge on any atom is -0.343 e. The highest BCUT2D eigenvalue weighted by atomic mass is 19.1. The Balaban J connectivity index is 2.04. The van der Waals surface area contributed by atoms with E-state index in [1.807, 2.05) is 19.1 Å². The number of fused-ring (bicyclic) bond motifs is 1. The Morgan fingerprint density at radius 2 is 2.12 bits per heavy atom. The van der Waals surface area contributed by atoms with Gasteiger partial charge in [0.2, 0.25) is 0 Å². The van der Waals surface area contributed by atoms with Crippen LogP contribution in [0, 0.1) is 12.7 Å². The second-order valence-electron chi connectivity index (χ2n) is 5.22. The van der Waals surface area contributed by atoms with Crippen molar-refractivity contribution in [1.29, 1.82) is 0 Å². The largest absolute Gasteiger partial charge is 0.343 e. The Hall–Kier alpha value is -1.35. The number of halogens is 1. The van der Waals surface area contributed by atoms with Crippen molar-refractivity contribution in [3.05, 3.63) is 35.8 Å². The molecule has 1 aromatic carbocycles. The van der Waals surface area contributed by atoms with Gasteiger partial charge < -0.3 is 9.47 Å². The molecule has 0 bridgehead atoms. The van der Waals surface area contributed by atoms with Crippen LogP contribution in [-0.2, 0) is 0 Å². The quantitative estimate of drug-likeness (QED) is 0.773. The molecular formula is C14H17FN2. The number of aromatic nitrogens is 1. The van der Waals surface area contributed by atoms with Crippen LogP contribution in [0.4, 0.5) is 4.39 Å². The first kappa shape index (κ1) is 10.8. The molecule has 1 aliphatic rings. The van der Waals surface area contributed by atoms with Crippen molar-refractivity contribution in [3.63, 3.8) is 0 Å². The van der Waals surface area contributed by atoms with E-state index in [1.54, 1.807) is 6.07 Å². The van der Waals surface area contributed by atoms with Crippen molar-refractivity contribution < 1.29 is 4.39 Å². The van der Waals surface area contributed by atoms with Gasteiger partial charge in [0.15, 0.2) is 0 Å². The third-order valence-corrected chi connectivity index (χ3v) is 3.75. The maximum Gasteiger partial charge on any atom is 0.126 e. The molecule has 3 heteroatoms. The van der Waals surface area contributed by atoms with E-state index in [9.17, 15) is 4.39 Å². The number of benzene rings is 1. The minimum absolute atomic E-state index is 0.116. The SMILES string of the molecule is Cc1cc2c(ccn2C2CC2N(C)C)cc1F. The average Bonchev–Trinajstić information content (AvgIpc) is 2.97. The lowest BCUT2D eigenvalue weighted by Crippen LogP contribution is -2.17. The van der Waals surface area contributed by atoms with Crippen LogP contribution in [0.1, 0.15) is 18.0 Å². The second-order valence-corrected chi connectivity index (χ2v) is 5.22. The van der Waals surface area contributed by atoms with Gasteiger partial charge in [-0.1, -0.05) is 0 Å². The molecule has 0 N–H and O–H groups in total. The summed E-state index contributed by atoms with van der Waals surface area (Å²) in [7, 11) is 4.22. The molecule has 17 heavy (non-hydrogen) atoms. The summed E-state index contributed by atoms with van der Waals surface area (Å²) in [6.45, 7) is 1.82. The van der Waals surface area contributed by atoms with Crippen LogP contribution in [0.25, 0.3) is 10.9 Å². The zero-order valence-electron chi connectivity index (χ0n) is 10.4. The molecule has 1 saturated carbocycles. The van der Waals surface area contributed by atoms with E-state index < -0.39 is 0 Å². The van der Waals surface area contributed by atoms with Crippen LogP contribution in [0.2, 0.25) is 0 Å². The maximum absolute atomic E-state index is 13.5. The number of rotatable bonds is 2. The first-order valence-corrected chi connectivity index (χ1v) is 6.01. The zero-order valence-corrected chi connectivity index (χ0v) is 10.4. The Morgan fingerprint density at radius 1 is 1.35 bits per heavy atom. The van der Waals surface area contributed by atoms with Crippen molar-refractivity contribution in [1.82, 2.24) is 9.47 Å². The first-order chi connectivity index (χ1) is 8.08. The molecule has 2 nitrogen and oxygen atoms in total. The monoisotopic (exact) mass is 232 g/mol. The summed E-state index contributed by atoms with van der Waals surface area (Å²) in [6.07, 6.45) is 3.27. The Kier molecular flexibility index (Phi) is 2.26. The predicted molar refractivity (Wildman–Crippen MR) is 67.8 cm³/mol. The molecule has 0 spiro atoms. The van der Waals surface area contributed by atoms with Crippen molar-refractivity contribution in [2.24, 2.45) is 0 Å². The lowest BCUT2D eigenvalue weighted by Gasteiger charge is -2.10. The van der Waals surface area contributed by atoms with Crippen molar-refractivity contribution >= 4 is 10.9 Å². The van der Waals surface area contributed by atoms with Crippen LogP contribution < -0.4 is 0 Å². The number of likely N-dealkylation sites (N-methyl/N-ethyl adjacent to an activating group) is 1. The highest BCUT2D eigenvalue weighted by molar-refractivity contribution is 5.81. The van der Waals surface area contributed by atoms with Gasteiger partial charge in [-0.05, 0) is 51.2 Å². The standard InChI is InChI=1S/C14H17FN2/c1-9-6-12-10(7-11(9)15)4-5-17(12)14-8-13(14)16(2)3/h4-7,13-14H,8H2,1-3H3. The van der Waals surface area contributed by atoms with Gasteiger partial charge in [-0.2, -0.15) is 0 Å². The number of hydrogen-bond donors (Lipinski definition) is 0. The molecule has 2 unspecified atom stereocenters. The summed E-state index contributed by atoms with van der Waals surface area (Å²) in [6, 6.07) is 6.76. The molecule has 1 fully saturated rings. The van der Waals surface area contributed by atoms with E-state index in [0.29, 0.717) is 12.1 Å². The Labute approximate surface area is 101 Å². The fourth-order valence-electron chi connectivity index (χ4n) is 2.59. The van der Waals surface area contributed by atoms with Crippen molar-refractivity contribution in [2.45, 2.75) is 25.4 Å². The summed E-state index contributed by atoms with van der Waals surface area (Å²) in [4.78, 5) is 2.26. The molecule has 2 atom stereocenters. The van der Waals surface area contributed by atoms with Crippen LogP contribution >= 0.6 is 0 Å². The molecule has 3 rings (SSSR count). The van der Waals surface area contributed by atoms with E-state index in [1.165, 1.54) is 6.42 Å².